The summed E-state index contributed by atoms with van der Waals surface area (Å²) >= 11 is 0. The summed E-state index contributed by atoms with van der Waals surface area (Å²) in [4.78, 5) is 28.1. The number of benzene rings is 2. The number of nitrogens with one attached hydrogen (secondary N) is 1. The van der Waals surface area contributed by atoms with E-state index in [4.69, 9.17) is 4.74 Å². The second-order valence-corrected chi connectivity index (χ2v) is 6.39. The number of piperazine rings is 1. The Morgan fingerprint density at radius 3 is 2.26 bits per heavy atom. The third-order valence-electron chi connectivity index (χ3n) is 4.60. The first-order valence-electron chi connectivity index (χ1n) is 9.26. The van der Waals surface area contributed by atoms with Gasteiger partial charge in [-0.3, -0.25) is 0 Å². The predicted molar refractivity (Wildman–Crippen MR) is 105 cm³/mol. The highest BCUT2D eigenvalue weighted by Gasteiger charge is 2.21. The number of carbonyl (C=O) groups is 2. The SMILES string of the molecule is CCOC(=O)c1ccc(N2CCN(C(=O)NCc3ccccc3)CC2)cc1. The van der Waals surface area contributed by atoms with E-state index >= 15 is 0 Å². The third-order valence-corrected chi connectivity index (χ3v) is 4.60. The van der Waals surface area contributed by atoms with Gasteiger partial charge < -0.3 is 19.9 Å². The quantitative estimate of drug-likeness (QED) is 0.826. The Bertz CT molecular complexity index is 754. The van der Waals surface area contributed by atoms with E-state index in [9.17, 15) is 9.59 Å². The minimum Gasteiger partial charge on any atom is -0.462 e. The molecule has 0 atom stereocenters. The smallest absolute Gasteiger partial charge is 0.338 e. The van der Waals surface area contributed by atoms with Crippen molar-refractivity contribution in [2.45, 2.75) is 13.5 Å². The maximum atomic E-state index is 12.3. The Balaban J connectivity index is 1.48. The van der Waals surface area contributed by atoms with Gasteiger partial charge >= 0.3 is 12.0 Å². The molecule has 0 radical (unpaired) electrons. The Labute approximate surface area is 159 Å². The van der Waals surface area contributed by atoms with Gasteiger partial charge in [-0.2, -0.15) is 0 Å². The van der Waals surface area contributed by atoms with Crippen molar-refractivity contribution >= 4 is 17.7 Å². The van der Waals surface area contributed by atoms with Crippen LogP contribution in [0.25, 0.3) is 0 Å². The molecular weight excluding hydrogens is 342 g/mol. The van der Waals surface area contributed by atoms with Gasteiger partial charge in [0.25, 0.3) is 0 Å². The van der Waals surface area contributed by atoms with Gasteiger partial charge in [-0.1, -0.05) is 30.3 Å². The molecule has 2 amide bonds. The van der Waals surface area contributed by atoms with E-state index in [0.29, 0.717) is 31.8 Å². The van der Waals surface area contributed by atoms with Gasteiger partial charge in [0, 0.05) is 38.4 Å². The van der Waals surface area contributed by atoms with Crippen LogP contribution in [0.4, 0.5) is 10.5 Å². The fourth-order valence-corrected chi connectivity index (χ4v) is 3.08. The summed E-state index contributed by atoms with van der Waals surface area (Å²) in [5.74, 6) is -0.302. The van der Waals surface area contributed by atoms with E-state index in [1.54, 1.807) is 19.1 Å². The third kappa shape index (κ3) is 5.00. The lowest BCUT2D eigenvalue weighted by molar-refractivity contribution is 0.0526. The van der Waals surface area contributed by atoms with Crippen molar-refractivity contribution in [1.29, 1.82) is 0 Å². The highest BCUT2D eigenvalue weighted by molar-refractivity contribution is 5.89. The van der Waals surface area contributed by atoms with Crippen LogP contribution in [-0.2, 0) is 11.3 Å². The van der Waals surface area contributed by atoms with Gasteiger partial charge in [-0.25, -0.2) is 9.59 Å². The molecule has 1 heterocycles. The summed E-state index contributed by atoms with van der Waals surface area (Å²) in [6.45, 7) is 5.56. The maximum absolute atomic E-state index is 12.3. The predicted octanol–water partition coefficient (Wildman–Crippen LogP) is 2.90. The zero-order valence-electron chi connectivity index (χ0n) is 15.6. The van der Waals surface area contributed by atoms with E-state index in [0.717, 1.165) is 24.3 Å². The van der Waals surface area contributed by atoms with Crippen LogP contribution in [0.5, 0.6) is 0 Å². The molecule has 0 aromatic heterocycles. The molecule has 2 aromatic carbocycles. The Morgan fingerprint density at radius 1 is 0.963 bits per heavy atom. The van der Waals surface area contributed by atoms with Gasteiger partial charge in [0.2, 0.25) is 0 Å². The zero-order chi connectivity index (χ0) is 19.1. The topological polar surface area (TPSA) is 61.9 Å². The van der Waals surface area contributed by atoms with Crippen LogP contribution in [0.15, 0.2) is 54.6 Å². The number of hydrogen-bond acceptors (Lipinski definition) is 4. The number of carbonyl (C=O) groups excluding carboxylic acids is 2. The minimum atomic E-state index is -0.302. The lowest BCUT2D eigenvalue weighted by atomic mass is 10.2. The molecule has 0 saturated carbocycles. The van der Waals surface area contributed by atoms with Crippen molar-refractivity contribution in [2.75, 3.05) is 37.7 Å². The van der Waals surface area contributed by atoms with Crippen molar-refractivity contribution in [1.82, 2.24) is 10.2 Å². The number of amides is 2. The first-order valence-corrected chi connectivity index (χ1v) is 9.26. The van der Waals surface area contributed by atoms with Gasteiger partial charge in [0.05, 0.1) is 12.2 Å². The van der Waals surface area contributed by atoms with E-state index in [1.807, 2.05) is 47.4 Å². The molecule has 6 nitrogen and oxygen atoms in total. The molecule has 142 valence electrons. The number of nitrogens with zero attached hydrogens (tertiary/aromatic N) is 2. The first kappa shape index (κ1) is 18.8. The Morgan fingerprint density at radius 2 is 1.63 bits per heavy atom. The van der Waals surface area contributed by atoms with Gasteiger partial charge in [-0.15, -0.1) is 0 Å². The largest absolute Gasteiger partial charge is 0.462 e. The Kier molecular flexibility index (Phi) is 6.30. The van der Waals surface area contributed by atoms with Crippen LogP contribution < -0.4 is 10.2 Å². The number of rotatable bonds is 5. The highest BCUT2D eigenvalue weighted by atomic mass is 16.5. The molecule has 1 fully saturated rings. The molecule has 27 heavy (non-hydrogen) atoms. The molecule has 0 aliphatic carbocycles. The number of urea groups is 1. The molecule has 1 aliphatic heterocycles. The first-order chi connectivity index (χ1) is 13.2. The van der Waals surface area contributed by atoms with Gasteiger partial charge in [-0.05, 0) is 36.8 Å². The molecule has 3 rings (SSSR count). The lowest BCUT2D eigenvalue weighted by Crippen LogP contribution is -2.51. The Hall–Kier alpha value is -3.02. The number of anilines is 1. The second-order valence-electron chi connectivity index (χ2n) is 6.39. The molecule has 1 saturated heterocycles. The van der Waals surface area contributed by atoms with Crippen molar-refractivity contribution in [3.8, 4) is 0 Å². The second kappa shape index (κ2) is 9.07. The molecule has 6 heteroatoms. The molecule has 0 unspecified atom stereocenters. The lowest BCUT2D eigenvalue weighted by Gasteiger charge is -2.36. The summed E-state index contributed by atoms with van der Waals surface area (Å²) in [7, 11) is 0. The van der Waals surface area contributed by atoms with Crippen LogP contribution in [-0.4, -0.2) is 49.7 Å². The van der Waals surface area contributed by atoms with E-state index in [1.165, 1.54) is 0 Å². The van der Waals surface area contributed by atoms with E-state index in [-0.39, 0.29) is 12.0 Å². The standard InChI is InChI=1S/C21H25N3O3/c1-2-27-20(25)18-8-10-19(11-9-18)23-12-14-24(15-13-23)21(26)22-16-17-6-4-3-5-7-17/h3-11H,2,12-16H2,1H3,(H,22,26). The van der Waals surface area contributed by atoms with Crippen LogP contribution in [0.1, 0.15) is 22.8 Å². The van der Waals surface area contributed by atoms with E-state index < -0.39 is 0 Å². The molecule has 2 aromatic rings. The van der Waals surface area contributed by atoms with Crippen molar-refractivity contribution in [3.05, 3.63) is 65.7 Å². The summed E-state index contributed by atoms with van der Waals surface area (Å²) in [5, 5.41) is 2.97. The van der Waals surface area contributed by atoms with Crippen LogP contribution in [0.3, 0.4) is 0 Å². The summed E-state index contributed by atoms with van der Waals surface area (Å²) in [6, 6.07) is 17.3. The van der Waals surface area contributed by atoms with Crippen molar-refractivity contribution in [3.63, 3.8) is 0 Å². The number of esters is 1. The van der Waals surface area contributed by atoms with Gasteiger partial charge in [0.15, 0.2) is 0 Å². The van der Waals surface area contributed by atoms with Crippen LogP contribution >= 0.6 is 0 Å². The van der Waals surface area contributed by atoms with Crippen LogP contribution in [0, 0.1) is 0 Å². The molecule has 0 bridgehead atoms. The average Bonchev–Trinajstić information content (AvgIpc) is 2.73. The van der Waals surface area contributed by atoms with Crippen molar-refractivity contribution < 1.29 is 14.3 Å². The fourth-order valence-electron chi connectivity index (χ4n) is 3.08. The summed E-state index contributed by atoms with van der Waals surface area (Å²) in [6.07, 6.45) is 0. The zero-order valence-corrected chi connectivity index (χ0v) is 15.6. The molecular formula is C21H25N3O3. The highest BCUT2D eigenvalue weighted by Crippen LogP contribution is 2.18. The van der Waals surface area contributed by atoms with Crippen molar-refractivity contribution in [2.24, 2.45) is 0 Å². The summed E-state index contributed by atoms with van der Waals surface area (Å²) < 4.78 is 5.00. The normalized spacial score (nSPS) is 14.0. The molecule has 1 N–H and O–H groups in total. The van der Waals surface area contributed by atoms with E-state index in [2.05, 4.69) is 10.2 Å². The molecule has 1 aliphatic rings. The van der Waals surface area contributed by atoms with Crippen LogP contribution in [0.2, 0.25) is 0 Å². The summed E-state index contributed by atoms with van der Waals surface area (Å²) in [5.41, 5.74) is 2.69. The average molecular weight is 367 g/mol. The number of ether oxygens (including phenoxy) is 1. The monoisotopic (exact) mass is 367 g/mol. The van der Waals surface area contributed by atoms with Gasteiger partial charge in [0.1, 0.15) is 0 Å². The minimum absolute atomic E-state index is 0.0313. The number of hydrogen-bond donors (Lipinski definition) is 1. The maximum Gasteiger partial charge on any atom is 0.338 e. The molecule has 0 spiro atoms. The fraction of sp³-hybridized carbons (Fsp3) is 0.333.